The molecule has 2 unspecified atom stereocenters. The Kier molecular flexibility index (Phi) is 9.63. The van der Waals surface area contributed by atoms with Crippen LogP contribution in [0, 0.1) is 11.3 Å². The van der Waals surface area contributed by atoms with Gasteiger partial charge in [0, 0.05) is 5.92 Å². The van der Waals surface area contributed by atoms with E-state index in [1.54, 1.807) is 12.1 Å². The van der Waals surface area contributed by atoms with E-state index in [-0.39, 0.29) is 17.4 Å². The van der Waals surface area contributed by atoms with Crippen molar-refractivity contribution in [2.75, 3.05) is 0 Å². The summed E-state index contributed by atoms with van der Waals surface area (Å²) in [5.41, 5.74) is 1.52. The first-order valence-electron chi connectivity index (χ1n) is 11.2. The first kappa shape index (κ1) is 24.2. The monoisotopic (exact) mass is 420 g/mol. The van der Waals surface area contributed by atoms with Crippen molar-refractivity contribution in [3.63, 3.8) is 0 Å². The Bertz CT molecular complexity index is 661. The lowest BCUT2D eigenvalue weighted by Crippen LogP contribution is -2.38. The number of carbonyl (C=O) groups is 2. The third kappa shape index (κ3) is 7.98. The fourth-order valence-electron chi connectivity index (χ4n) is 4.06. The zero-order valence-corrected chi connectivity index (χ0v) is 18.8. The molecule has 1 aromatic rings. The zero-order chi connectivity index (χ0) is 22.0. The van der Waals surface area contributed by atoms with Crippen LogP contribution in [0.1, 0.15) is 95.0 Å². The number of carbonyl (C=O) groups excluding carboxylic acids is 2. The van der Waals surface area contributed by atoms with Crippen molar-refractivity contribution < 1.29 is 29.1 Å². The van der Waals surface area contributed by atoms with Crippen molar-refractivity contribution >= 4 is 12.1 Å². The Morgan fingerprint density at radius 1 is 0.967 bits per heavy atom. The van der Waals surface area contributed by atoms with Crippen LogP contribution in [0.4, 0.5) is 4.79 Å². The van der Waals surface area contributed by atoms with Crippen LogP contribution in [0.15, 0.2) is 24.3 Å². The van der Waals surface area contributed by atoms with Crippen LogP contribution in [0.5, 0.6) is 0 Å². The fourth-order valence-corrected chi connectivity index (χ4v) is 4.06. The van der Waals surface area contributed by atoms with Gasteiger partial charge in [-0.25, -0.2) is 14.5 Å². The molecule has 30 heavy (non-hydrogen) atoms. The lowest BCUT2D eigenvalue weighted by molar-refractivity contribution is -0.453. The van der Waals surface area contributed by atoms with Gasteiger partial charge in [0.25, 0.3) is 0 Å². The van der Waals surface area contributed by atoms with E-state index in [0.717, 1.165) is 38.5 Å². The van der Waals surface area contributed by atoms with Gasteiger partial charge in [0.1, 0.15) is 6.10 Å². The molecule has 0 amide bonds. The third-order valence-corrected chi connectivity index (χ3v) is 5.78. The van der Waals surface area contributed by atoms with Crippen LogP contribution in [-0.4, -0.2) is 18.2 Å². The van der Waals surface area contributed by atoms with E-state index in [2.05, 4.69) is 42.5 Å². The van der Waals surface area contributed by atoms with Crippen LogP contribution >= 0.6 is 0 Å². The number of benzene rings is 1. The molecule has 6 heteroatoms. The molecule has 0 aliphatic heterocycles. The Hall–Kier alpha value is -2.08. The molecule has 1 aliphatic carbocycles. The average Bonchev–Trinajstić information content (AvgIpc) is 2.71. The highest BCUT2D eigenvalue weighted by molar-refractivity contribution is 5.88. The van der Waals surface area contributed by atoms with E-state index in [1.807, 2.05) is 12.1 Å². The number of hydrogen-bond donors (Lipinski definition) is 0. The second kappa shape index (κ2) is 11.9. The number of ether oxygens (including phenoxy) is 1. The van der Waals surface area contributed by atoms with Gasteiger partial charge in [0.15, 0.2) is 0 Å². The van der Waals surface area contributed by atoms with Gasteiger partial charge in [0.2, 0.25) is 0 Å². The molecule has 0 spiro atoms. The van der Waals surface area contributed by atoms with E-state index in [1.165, 1.54) is 24.8 Å². The lowest BCUT2D eigenvalue weighted by Gasteiger charge is -2.39. The molecule has 0 heterocycles. The zero-order valence-electron chi connectivity index (χ0n) is 18.8. The molecule has 2 rings (SSSR count). The molecule has 2 atom stereocenters. The van der Waals surface area contributed by atoms with Crippen molar-refractivity contribution in [1.29, 1.82) is 0 Å². The highest BCUT2D eigenvalue weighted by atomic mass is 17.5. The molecular formula is C24H36O6. The van der Waals surface area contributed by atoms with Crippen molar-refractivity contribution in [2.24, 2.45) is 11.3 Å². The standard InChI is InChI=1S/C24H36O6/c1-5-6-7-8-11-18-14-16-19(17-15-18)22(25)28-30-29-23(26)27-21-13-10-9-12-20(21)24(2,3)4/h14-17,20-21H,5-13H2,1-4H3. The van der Waals surface area contributed by atoms with Gasteiger partial charge in [-0.2, -0.15) is 0 Å². The maximum absolute atomic E-state index is 12.0. The predicted octanol–water partition coefficient (Wildman–Crippen LogP) is 6.57. The van der Waals surface area contributed by atoms with E-state index >= 15 is 0 Å². The maximum atomic E-state index is 12.0. The molecule has 1 aromatic carbocycles. The second-order valence-corrected chi connectivity index (χ2v) is 9.19. The van der Waals surface area contributed by atoms with Crippen LogP contribution in [0.2, 0.25) is 0 Å². The molecule has 0 radical (unpaired) electrons. The highest BCUT2D eigenvalue weighted by Gasteiger charge is 2.37. The molecular weight excluding hydrogens is 384 g/mol. The summed E-state index contributed by atoms with van der Waals surface area (Å²) < 4.78 is 5.41. The number of aryl methyl sites for hydroxylation is 1. The molecule has 0 bridgehead atoms. The molecule has 1 fully saturated rings. The first-order chi connectivity index (χ1) is 14.3. The molecule has 0 saturated heterocycles. The van der Waals surface area contributed by atoms with Crippen LogP contribution in [0.3, 0.4) is 0 Å². The van der Waals surface area contributed by atoms with Crippen LogP contribution < -0.4 is 0 Å². The minimum absolute atomic E-state index is 0.0286. The largest absolute Gasteiger partial charge is 0.543 e. The second-order valence-electron chi connectivity index (χ2n) is 9.19. The summed E-state index contributed by atoms with van der Waals surface area (Å²) in [6, 6.07) is 7.14. The van der Waals surface area contributed by atoms with Gasteiger partial charge >= 0.3 is 12.1 Å². The molecule has 6 nitrogen and oxygen atoms in total. The molecule has 1 saturated carbocycles. The van der Waals surface area contributed by atoms with Gasteiger partial charge in [-0.15, -0.1) is 0 Å². The SMILES string of the molecule is CCCCCCc1ccc(C(=O)OOOC(=O)OC2CCCCC2C(C)(C)C)cc1. The molecule has 168 valence electrons. The predicted molar refractivity (Wildman–Crippen MR) is 114 cm³/mol. The van der Waals surface area contributed by atoms with E-state index in [0.29, 0.717) is 5.56 Å². The normalized spacial score (nSPS) is 19.2. The summed E-state index contributed by atoms with van der Waals surface area (Å²) in [7, 11) is 0. The first-order valence-corrected chi connectivity index (χ1v) is 11.2. The van der Waals surface area contributed by atoms with Crippen LogP contribution in [0.25, 0.3) is 0 Å². The molecule has 1 aliphatic rings. The maximum Gasteiger partial charge on any atom is 0.543 e. The van der Waals surface area contributed by atoms with Crippen molar-refractivity contribution in [3.05, 3.63) is 35.4 Å². The van der Waals surface area contributed by atoms with Crippen molar-refractivity contribution in [2.45, 2.75) is 91.6 Å². The summed E-state index contributed by atoms with van der Waals surface area (Å²) in [6.45, 7) is 8.60. The topological polar surface area (TPSA) is 71.1 Å². The smallest absolute Gasteiger partial charge is 0.429 e. The van der Waals surface area contributed by atoms with Gasteiger partial charge in [0.05, 0.1) is 10.6 Å². The van der Waals surface area contributed by atoms with Gasteiger partial charge < -0.3 is 4.74 Å². The summed E-state index contributed by atoms with van der Waals surface area (Å²) in [5, 5.41) is 4.37. The van der Waals surface area contributed by atoms with E-state index in [4.69, 9.17) is 4.74 Å². The van der Waals surface area contributed by atoms with Crippen LogP contribution in [-0.2, 0) is 26.0 Å². The summed E-state index contributed by atoms with van der Waals surface area (Å²) in [4.78, 5) is 33.0. The van der Waals surface area contributed by atoms with E-state index < -0.39 is 12.1 Å². The van der Waals surface area contributed by atoms with Crippen molar-refractivity contribution in [3.8, 4) is 0 Å². The minimum Gasteiger partial charge on any atom is -0.429 e. The summed E-state index contributed by atoms with van der Waals surface area (Å²) in [6.07, 6.45) is 8.48. The van der Waals surface area contributed by atoms with Gasteiger partial charge in [-0.3, -0.25) is 4.89 Å². The number of unbranched alkanes of at least 4 members (excludes halogenated alkanes) is 3. The minimum atomic E-state index is -0.994. The third-order valence-electron chi connectivity index (χ3n) is 5.78. The Morgan fingerprint density at radius 3 is 2.33 bits per heavy atom. The molecule has 0 aromatic heterocycles. The highest BCUT2D eigenvalue weighted by Crippen LogP contribution is 2.39. The Balaban J connectivity index is 1.72. The van der Waals surface area contributed by atoms with Crippen molar-refractivity contribution in [1.82, 2.24) is 0 Å². The number of rotatable bonds is 9. The number of hydrogen-bond acceptors (Lipinski definition) is 6. The lowest BCUT2D eigenvalue weighted by atomic mass is 9.71. The quantitative estimate of drug-likeness (QED) is 0.195. The average molecular weight is 421 g/mol. The fraction of sp³-hybridized carbons (Fsp3) is 0.667. The molecule has 0 N–H and O–H groups in total. The van der Waals surface area contributed by atoms with E-state index in [9.17, 15) is 9.59 Å². The Labute approximate surface area is 180 Å². The Morgan fingerprint density at radius 2 is 1.67 bits per heavy atom. The summed E-state index contributed by atoms with van der Waals surface area (Å²) in [5.74, 6) is -0.479. The van der Waals surface area contributed by atoms with Gasteiger partial charge in [-0.05, 0) is 55.2 Å². The van der Waals surface area contributed by atoms with Gasteiger partial charge in [-0.1, -0.05) is 65.5 Å². The summed E-state index contributed by atoms with van der Waals surface area (Å²) >= 11 is 0.